The molecule has 5 rings (SSSR count). The van der Waals surface area contributed by atoms with Gasteiger partial charge in [0.15, 0.2) is 5.76 Å². The van der Waals surface area contributed by atoms with Crippen molar-refractivity contribution < 1.29 is 23.4 Å². The van der Waals surface area contributed by atoms with Gasteiger partial charge in [0, 0.05) is 56.1 Å². The Bertz CT molecular complexity index is 1430. The minimum Gasteiger partial charge on any atom is -0.493 e. The van der Waals surface area contributed by atoms with E-state index < -0.39 is 0 Å². The van der Waals surface area contributed by atoms with Gasteiger partial charge >= 0.3 is 0 Å². The minimum absolute atomic E-state index is 0.113. The van der Waals surface area contributed by atoms with Crippen LogP contribution in [0.1, 0.15) is 56.6 Å². The number of ether oxygens (including phenoxy) is 1. The molecule has 1 heterocycles. The highest BCUT2D eigenvalue weighted by Crippen LogP contribution is 2.43. The lowest BCUT2D eigenvalue weighted by molar-refractivity contribution is -0.118. The molecule has 0 radical (unpaired) electrons. The quantitative estimate of drug-likeness (QED) is 0.212. The largest absolute Gasteiger partial charge is 0.493 e. The molecular weight excluding hydrogens is 560 g/mol. The highest BCUT2D eigenvalue weighted by molar-refractivity contribution is 5.80. The van der Waals surface area contributed by atoms with Gasteiger partial charge < -0.3 is 4.74 Å². The van der Waals surface area contributed by atoms with E-state index in [9.17, 15) is 13.7 Å². The normalized spacial score (nSPS) is 22.3. The molecule has 44 heavy (non-hydrogen) atoms. The summed E-state index contributed by atoms with van der Waals surface area (Å²) in [4.78, 5) is 17.5. The first-order valence-electron chi connectivity index (χ1n) is 15.6. The summed E-state index contributed by atoms with van der Waals surface area (Å²) in [5.74, 6) is 1.04. The first kappa shape index (κ1) is 31.4. The molecule has 1 aromatic carbocycles. The van der Waals surface area contributed by atoms with Crippen LogP contribution in [0.15, 0.2) is 106 Å². The predicted molar refractivity (Wildman–Crippen MR) is 171 cm³/mol. The summed E-state index contributed by atoms with van der Waals surface area (Å²) in [6.07, 6.45) is 23.5. The number of allylic oxidation sites excluding steroid dienone is 12. The number of likely N-dealkylation sites (tertiary alicyclic amines) is 1. The fraction of sp³-hybridized carbons (Fsp3) is 0.389. The molecule has 1 unspecified atom stereocenters. The zero-order valence-electron chi connectivity index (χ0n) is 25.3. The van der Waals surface area contributed by atoms with E-state index >= 15 is 0 Å². The summed E-state index contributed by atoms with van der Waals surface area (Å²) >= 11 is 0. The Kier molecular flexibility index (Phi) is 11.1. The molecular formula is C36H41F2N3O3. The van der Waals surface area contributed by atoms with Crippen LogP contribution in [-0.4, -0.2) is 49.4 Å². The molecule has 1 fully saturated rings. The Morgan fingerprint density at radius 1 is 1.14 bits per heavy atom. The Morgan fingerprint density at radius 2 is 2.00 bits per heavy atom. The number of nitrogens with one attached hydrogen (secondary N) is 1. The van der Waals surface area contributed by atoms with Crippen molar-refractivity contribution in [2.24, 2.45) is 11.0 Å². The SMILES string of the molecule is CC(=O)N/N=C\Cc1ccc(C2=C(C3=CC=C(O[C@H]4CCN(CCCF)C4)CC=C3)C3=CC=C(OF)C=CC3CCC2)cc1. The number of carbonyl (C=O) groups excluding carboxylic acids is 1. The molecule has 0 saturated carbocycles. The second kappa shape index (κ2) is 15.6. The van der Waals surface area contributed by atoms with Crippen molar-refractivity contribution in [3.05, 3.63) is 112 Å². The van der Waals surface area contributed by atoms with Gasteiger partial charge in [0.2, 0.25) is 5.91 Å². The van der Waals surface area contributed by atoms with Crippen LogP contribution in [0.25, 0.3) is 5.57 Å². The Labute approximate surface area is 258 Å². The number of hydrogen-bond donors (Lipinski definition) is 1. The number of alkyl halides is 1. The van der Waals surface area contributed by atoms with Crippen molar-refractivity contribution >= 4 is 17.7 Å². The van der Waals surface area contributed by atoms with Crippen molar-refractivity contribution in [1.82, 2.24) is 10.3 Å². The maximum atomic E-state index is 13.2. The lowest BCUT2D eigenvalue weighted by Gasteiger charge is -2.20. The molecule has 1 N–H and O–H groups in total. The Balaban J connectivity index is 1.46. The van der Waals surface area contributed by atoms with Gasteiger partial charge in [0.25, 0.3) is 0 Å². The maximum absolute atomic E-state index is 13.2. The van der Waals surface area contributed by atoms with Crippen LogP contribution in [0.5, 0.6) is 0 Å². The van der Waals surface area contributed by atoms with Crippen molar-refractivity contribution in [3.63, 3.8) is 0 Å². The number of fused-ring (bicyclic) bond motifs is 1. The fourth-order valence-corrected chi connectivity index (χ4v) is 6.25. The molecule has 6 nitrogen and oxygen atoms in total. The van der Waals surface area contributed by atoms with Gasteiger partial charge in [-0.25, -0.2) is 5.43 Å². The lowest BCUT2D eigenvalue weighted by Crippen LogP contribution is -2.24. The van der Waals surface area contributed by atoms with Gasteiger partial charge in [-0.1, -0.05) is 54.6 Å². The zero-order valence-corrected chi connectivity index (χ0v) is 25.3. The van der Waals surface area contributed by atoms with E-state index in [4.69, 9.17) is 4.74 Å². The minimum atomic E-state index is -0.284. The van der Waals surface area contributed by atoms with Crippen molar-refractivity contribution in [3.8, 4) is 0 Å². The zero-order chi connectivity index (χ0) is 30.7. The van der Waals surface area contributed by atoms with Gasteiger partial charge in [-0.3, -0.25) is 19.0 Å². The molecule has 2 atom stereocenters. The van der Waals surface area contributed by atoms with E-state index in [0.717, 1.165) is 78.9 Å². The molecule has 1 amide bonds. The topological polar surface area (TPSA) is 63.2 Å². The van der Waals surface area contributed by atoms with E-state index in [-0.39, 0.29) is 30.4 Å². The Morgan fingerprint density at radius 3 is 2.80 bits per heavy atom. The van der Waals surface area contributed by atoms with Crippen molar-refractivity contribution in [1.29, 1.82) is 0 Å². The van der Waals surface area contributed by atoms with Gasteiger partial charge in [0.1, 0.15) is 11.9 Å². The van der Waals surface area contributed by atoms with E-state index in [1.54, 1.807) is 18.4 Å². The summed E-state index contributed by atoms with van der Waals surface area (Å²) in [6.45, 7) is 3.68. The third kappa shape index (κ3) is 8.32. The summed E-state index contributed by atoms with van der Waals surface area (Å²) in [6, 6.07) is 8.49. The van der Waals surface area contributed by atoms with Crippen LogP contribution in [0, 0.1) is 5.92 Å². The van der Waals surface area contributed by atoms with Crippen molar-refractivity contribution in [2.75, 3.05) is 26.3 Å². The van der Waals surface area contributed by atoms with Crippen molar-refractivity contribution in [2.45, 2.75) is 58.0 Å². The smallest absolute Gasteiger partial charge is 0.236 e. The lowest BCUT2D eigenvalue weighted by atomic mass is 9.83. The van der Waals surface area contributed by atoms with E-state index in [1.807, 2.05) is 12.2 Å². The third-order valence-electron chi connectivity index (χ3n) is 8.39. The molecule has 1 saturated heterocycles. The second-order valence-corrected chi connectivity index (χ2v) is 11.6. The molecule has 4 aliphatic rings. The first-order chi connectivity index (χ1) is 21.5. The average Bonchev–Trinajstić information content (AvgIpc) is 3.16. The summed E-state index contributed by atoms with van der Waals surface area (Å²) in [7, 11) is 0. The van der Waals surface area contributed by atoms with Crippen LogP contribution < -0.4 is 5.43 Å². The van der Waals surface area contributed by atoms with Crippen LogP contribution >= 0.6 is 0 Å². The first-order valence-corrected chi connectivity index (χ1v) is 15.6. The van der Waals surface area contributed by atoms with Gasteiger partial charge in [-0.2, -0.15) is 5.10 Å². The Hall–Kier alpha value is -4.04. The standard InChI is InChI=1S/C36H41F2N3O3/c1-26(42)40-39-22-19-27-9-11-29(12-10-27)34-8-3-5-28-13-16-32(44-38)17-18-35(28)36(34)30-6-2-7-31(15-14-30)43-33-20-24-41(25-33)23-4-21-37/h2,6,9-18,22,28,33H,3-5,7-8,19-21,23-25H2,1H3,(H,40,42)/b39-22-/t28?,33-/m0/s1. The average molecular weight is 602 g/mol. The summed E-state index contributed by atoms with van der Waals surface area (Å²) in [5, 5.41) is 3.96. The van der Waals surface area contributed by atoms with Crippen LogP contribution in [-0.2, 0) is 20.9 Å². The number of halogens is 2. The number of carbonyl (C=O) groups is 1. The number of benzene rings is 1. The van der Waals surface area contributed by atoms with Crippen LogP contribution in [0.4, 0.5) is 8.92 Å². The highest BCUT2D eigenvalue weighted by Gasteiger charge is 2.27. The molecule has 0 spiro atoms. The molecule has 1 aliphatic heterocycles. The molecule has 3 aliphatic carbocycles. The number of amides is 1. The maximum Gasteiger partial charge on any atom is 0.236 e. The van der Waals surface area contributed by atoms with E-state index in [2.05, 4.69) is 68.9 Å². The van der Waals surface area contributed by atoms with E-state index in [0.29, 0.717) is 19.3 Å². The monoisotopic (exact) mass is 601 g/mol. The molecule has 0 bridgehead atoms. The van der Waals surface area contributed by atoms with E-state index in [1.165, 1.54) is 12.5 Å². The third-order valence-corrected chi connectivity index (χ3v) is 8.39. The van der Waals surface area contributed by atoms with Gasteiger partial charge in [-0.05, 0) is 83.8 Å². The van der Waals surface area contributed by atoms with Gasteiger partial charge in [0.05, 0.1) is 6.67 Å². The molecule has 0 aromatic heterocycles. The summed E-state index contributed by atoms with van der Waals surface area (Å²) in [5.41, 5.74) is 9.30. The molecule has 232 valence electrons. The number of hydrazone groups is 1. The second-order valence-electron chi connectivity index (χ2n) is 11.6. The highest BCUT2D eigenvalue weighted by atomic mass is 19.3. The molecule has 1 aromatic rings. The van der Waals surface area contributed by atoms with Gasteiger partial charge in [-0.15, -0.1) is 0 Å². The number of hydrogen-bond acceptors (Lipinski definition) is 5. The number of rotatable bonds is 11. The van der Waals surface area contributed by atoms with Crippen LogP contribution in [0.3, 0.4) is 0 Å². The fourth-order valence-electron chi connectivity index (χ4n) is 6.25. The number of nitrogens with zero attached hydrogens (tertiary/aromatic N) is 2. The van der Waals surface area contributed by atoms with Crippen LogP contribution in [0.2, 0.25) is 0 Å². The predicted octanol–water partition coefficient (Wildman–Crippen LogP) is 7.41. The summed E-state index contributed by atoms with van der Waals surface area (Å²) < 4.78 is 32.3. The molecule has 8 heteroatoms.